The van der Waals surface area contributed by atoms with Crippen LogP contribution in [0.2, 0.25) is 0 Å². The predicted octanol–water partition coefficient (Wildman–Crippen LogP) is 2.35. The largest absolute Gasteiger partial charge is 0.347 e. The van der Waals surface area contributed by atoms with Crippen molar-refractivity contribution in [1.82, 2.24) is 19.7 Å². The van der Waals surface area contributed by atoms with E-state index in [0.717, 1.165) is 44.3 Å². The topological polar surface area (TPSA) is 68.9 Å². The van der Waals surface area contributed by atoms with Crippen molar-refractivity contribution in [3.05, 3.63) is 51.7 Å². The minimum Gasteiger partial charge on any atom is -0.347 e. The van der Waals surface area contributed by atoms with Crippen LogP contribution in [-0.2, 0) is 24.3 Å². The van der Waals surface area contributed by atoms with Crippen molar-refractivity contribution in [1.29, 1.82) is 0 Å². The molecule has 1 aromatic carbocycles. The number of aromatic nitrogens is 3. The van der Waals surface area contributed by atoms with Gasteiger partial charge in [0.1, 0.15) is 12.4 Å². The molecule has 1 N–H and O–H groups in total. The molecule has 6 heteroatoms. The van der Waals surface area contributed by atoms with Crippen molar-refractivity contribution in [3.63, 3.8) is 0 Å². The Morgan fingerprint density at radius 2 is 2.08 bits per heavy atom. The Morgan fingerprint density at radius 1 is 1.27 bits per heavy atom. The van der Waals surface area contributed by atoms with Crippen LogP contribution in [0.15, 0.2) is 29.1 Å². The second-order valence-corrected chi connectivity index (χ2v) is 7.56. The molecular formula is C20H26N4O2. The fraction of sp³-hybridized carbons (Fsp3) is 0.550. The number of benzene rings is 1. The predicted molar refractivity (Wildman–Crippen MR) is 98.8 cm³/mol. The number of fused-ring (bicyclic) bond motifs is 1. The molecule has 2 heterocycles. The van der Waals surface area contributed by atoms with Gasteiger partial charge in [-0.25, -0.2) is 9.48 Å². The summed E-state index contributed by atoms with van der Waals surface area (Å²) in [6.07, 6.45) is 6.28. The Balaban J connectivity index is 1.50. The number of hydrogen-bond acceptors (Lipinski definition) is 3. The number of nitrogens with zero attached hydrogens (tertiary/aromatic N) is 3. The maximum absolute atomic E-state index is 12.7. The highest BCUT2D eigenvalue weighted by Crippen LogP contribution is 2.41. The van der Waals surface area contributed by atoms with Gasteiger partial charge in [0.05, 0.1) is 6.04 Å². The van der Waals surface area contributed by atoms with Crippen LogP contribution in [0.1, 0.15) is 55.1 Å². The molecule has 1 amide bonds. The van der Waals surface area contributed by atoms with Crippen molar-refractivity contribution in [2.24, 2.45) is 5.92 Å². The van der Waals surface area contributed by atoms with Crippen LogP contribution in [0.5, 0.6) is 0 Å². The molecule has 6 nitrogen and oxygen atoms in total. The molecular weight excluding hydrogens is 328 g/mol. The minimum atomic E-state index is -0.157. The van der Waals surface area contributed by atoms with E-state index in [-0.39, 0.29) is 24.2 Å². The molecule has 26 heavy (non-hydrogen) atoms. The van der Waals surface area contributed by atoms with E-state index in [1.165, 1.54) is 15.8 Å². The zero-order valence-corrected chi connectivity index (χ0v) is 15.3. The maximum Gasteiger partial charge on any atom is 0.346 e. The molecule has 0 unspecified atom stereocenters. The van der Waals surface area contributed by atoms with Gasteiger partial charge in [0.15, 0.2) is 0 Å². The van der Waals surface area contributed by atoms with Crippen LogP contribution in [0, 0.1) is 12.8 Å². The zero-order chi connectivity index (χ0) is 18.1. The third-order valence-electron chi connectivity index (χ3n) is 5.51. The number of nitrogens with one attached hydrogen (secondary N) is 1. The number of hydrogen-bond donors (Lipinski definition) is 1. The maximum atomic E-state index is 12.7. The summed E-state index contributed by atoms with van der Waals surface area (Å²) in [5.41, 5.74) is 2.21. The summed E-state index contributed by atoms with van der Waals surface area (Å²) in [5.74, 6) is 1.17. The lowest BCUT2D eigenvalue weighted by atomic mass is 9.97. The molecule has 2 aliphatic rings. The molecule has 0 saturated heterocycles. The molecule has 1 aliphatic carbocycles. The Kier molecular flexibility index (Phi) is 4.66. The lowest BCUT2D eigenvalue weighted by Gasteiger charge is -2.20. The van der Waals surface area contributed by atoms with Gasteiger partial charge < -0.3 is 5.32 Å². The Hall–Kier alpha value is -2.37. The lowest BCUT2D eigenvalue weighted by molar-refractivity contribution is -0.122. The fourth-order valence-corrected chi connectivity index (χ4v) is 3.90. The van der Waals surface area contributed by atoms with Crippen LogP contribution in [0.25, 0.3) is 0 Å². The summed E-state index contributed by atoms with van der Waals surface area (Å²) in [6.45, 7) is 2.78. The minimum absolute atomic E-state index is 0.00602. The number of carbonyl (C=O) groups excluding carboxylic acids is 1. The van der Waals surface area contributed by atoms with Crippen molar-refractivity contribution in [3.8, 4) is 0 Å². The molecule has 1 fully saturated rings. The van der Waals surface area contributed by atoms with Crippen molar-refractivity contribution in [2.45, 2.75) is 64.6 Å². The fourth-order valence-electron chi connectivity index (χ4n) is 3.90. The van der Waals surface area contributed by atoms with Gasteiger partial charge in [0.25, 0.3) is 0 Å². The lowest BCUT2D eigenvalue weighted by Crippen LogP contribution is -2.36. The summed E-state index contributed by atoms with van der Waals surface area (Å²) in [5, 5.41) is 7.57. The van der Waals surface area contributed by atoms with Crippen LogP contribution in [-0.4, -0.2) is 20.3 Å². The summed E-state index contributed by atoms with van der Waals surface area (Å²) in [4.78, 5) is 25.2. The van der Waals surface area contributed by atoms with Crippen LogP contribution in [0.4, 0.5) is 0 Å². The van der Waals surface area contributed by atoms with Crippen LogP contribution < -0.4 is 11.0 Å². The number of aryl methyl sites for hydroxylation is 2. The molecule has 1 aromatic heterocycles. The van der Waals surface area contributed by atoms with Crippen molar-refractivity contribution < 1.29 is 4.79 Å². The number of carbonyl (C=O) groups is 1. The average Bonchev–Trinajstić information content (AvgIpc) is 3.44. The van der Waals surface area contributed by atoms with Gasteiger partial charge in [-0.2, -0.15) is 5.10 Å². The molecule has 138 valence electrons. The summed E-state index contributed by atoms with van der Waals surface area (Å²) < 4.78 is 3.07. The second-order valence-electron chi connectivity index (χ2n) is 7.56. The number of rotatable bonds is 5. The first-order valence-electron chi connectivity index (χ1n) is 9.65. The highest BCUT2D eigenvalue weighted by molar-refractivity contribution is 5.76. The number of amides is 1. The van der Waals surface area contributed by atoms with Gasteiger partial charge in [-0.3, -0.25) is 9.36 Å². The van der Waals surface area contributed by atoms with Crippen molar-refractivity contribution >= 4 is 5.91 Å². The third-order valence-corrected chi connectivity index (χ3v) is 5.51. The van der Waals surface area contributed by atoms with E-state index in [1.807, 2.05) is 12.1 Å². The van der Waals surface area contributed by atoms with Crippen LogP contribution >= 0.6 is 0 Å². The Bertz CT molecular complexity index is 863. The molecule has 0 radical (unpaired) electrons. The van der Waals surface area contributed by atoms with E-state index in [0.29, 0.717) is 12.5 Å². The van der Waals surface area contributed by atoms with E-state index >= 15 is 0 Å². The third kappa shape index (κ3) is 3.45. The van der Waals surface area contributed by atoms with E-state index in [4.69, 9.17) is 0 Å². The van der Waals surface area contributed by atoms with Gasteiger partial charge in [0, 0.05) is 13.0 Å². The first-order valence-corrected chi connectivity index (χ1v) is 9.65. The molecule has 2 aromatic rings. The van der Waals surface area contributed by atoms with E-state index < -0.39 is 0 Å². The SMILES string of the molecule is Cc1ccccc1[C@@H](NC(=O)Cn1nc2n(c1=O)CCCCC2)C1CC1. The molecule has 1 saturated carbocycles. The first-order chi connectivity index (χ1) is 12.6. The van der Waals surface area contributed by atoms with Gasteiger partial charge in [-0.1, -0.05) is 30.7 Å². The Morgan fingerprint density at radius 3 is 2.85 bits per heavy atom. The van der Waals surface area contributed by atoms with E-state index in [2.05, 4.69) is 29.5 Å². The quantitative estimate of drug-likeness (QED) is 0.896. The van der Waals surface area contributed by atoms with E-state index in [9.17, 15) is 9.59 Å². The zero-order valence-electron chi connectivity index (χ0n) is 15.3. The highest BCUT2D eigenvalue weighted by atomic mass is 16.2. The smallest absolute Gasteiger partial charge is 0.346 e. The molecule has 1 atom stereocenters. The molecule has 1 aliphatic heterocycles. The average molecular weight is 354 g/mol. The highest BCUT2D eigenvalue weighted by Gasteiger charge is 2.34. The van der Waals surface area contributed by atoms with Gasteiger partial charge >= 0.3 is 5.69 Å². The molecule has 4 rings (SSSR count). The van der Waals surface area contributed by atoms with Gasteiger partial charge in [-0.05, 0) is 49.7 Å². The monoisotopic (exact) mass is 354 g/mol. The first kappa shape index (κ1) is 17.1. The van der Waals surface area contributed by atoms with Crippen LogP contribution in [0.3, 0.4) is 0 Å². The van der Waals surface area contributed by atoms with E-state index in [1.54, 1.807) is 4.57 Å². The van der Waals surface area contributed by atoms with Gasteiger partial charge in [-0.15, -0.1) is 0 Å². The molecule has 0 spiro atoms. The summed E-state index contributed by atoms with van der Waals surface area (Å²) >= 11 is 0. The van der Waals surface area contributed by atoms with Crippen molar-refractivity contribution in [2.75, 3.05) is 0 Å². The Labute approximate surface area is 153 Å². The summed E-state index contributed by atoms with van der Waals surface area (Å²) in [7, 11) is 0. The normalized spacial score (nSPS) is 18.0. The molecule has 0 bridgehead atoms. The summed E-state index contributed by atoms with van der Waals surface area (Å²) in [6, 6.07) is 8.22. The van der Waals surface area contributed by atoms with Gasteiger partial charge in [0.2, 0.25) is 5.91 Å². The standard InChI is InChI=1S/C20H26N4O2/c1-14-7-4-5-8-16(14)19(15-10-11-15)21-18(25)13-24-20(26)23-12-6-2-3-9-17(23)22-24/h4-5,7-8,15,19H,2-3,6,9-13H2,1H3,(H,21,25)/t19-/m0/s1. The second kappa shape index (κ2) is 7.09.